The predicted molar refractivity (Wildman–Crippen MR) is 233 cm³/mol. The van der Waals surface area contributed by atoms with Gasteiger partial charge < -0.3 is 29.9 Å². The Morgan fingerprint density at radius 3 is 2.54 bits per heavy atom. The van der Waals surface area contributed by atoms with E-state index in [1.165, 1.54) is 21.5 Å². The number of imidazole rings is 1. The molecule has 3 unspecified atom stereocenters. The van der Waals surface area contributed by atoms with Crippen LogP contribution in [-0.4, -0.2) is 149 Å². The number of hydrogen-bond donors (Lipinski definition) is 3. The topological polar surface area (TPSA) is 193 Å². The van der Waals surface area contributed by atoms with E-state index in [-0.39, 0.29) is 53.9 Å². The lowest BCUT2D eigenvalue weighted by atomic mass is 9.85. The summed E-state index contributed by atoms with van der Waals surface area (Å²) in [7, 11) is 1.68. The van der Waals surface area contributed by atoms with Crippen LogP contribution in [-0.2, 0) is 21.4 Å². The van der Waals surface area contributed by atoms with Gasteiger partial charge in [0, 0.05) is 84.8 Å². The quantitative estimate of drug-likeness (QED) is 0.164. The first kappa shape index (κ1) is 41.9. The highest BCUT2D eigenvalue weighted by Gasteiger charge is 2.45. The van der Waals surface area contributed by atoms with Gasteiger partial charge in [-0.25, -0.2) is 23.1 Å². The number of ether oxygens (including phenoxy) is 1. The number of imide groups is 1. The van der Waals surface area contributed by atoms with Crippen LogP contribution < -0.4 is 26.1 Å². The Morgan fingerprint density at radius 1 is 1.03 bits per heavy atom. The predicted octanol–water partition coefficient (Wildman–Crippen LogP) is 2.32. The molecular formula is C44H53F2N13O6. The number of piperidine rings is 1. The highest BCUT2D eigenvalue weighted by molar-refractivity contribution is 6.08. The number of aliphatic hydroxyl groups is 1. The molecule has 3 atom stereocenters. The molecule has 0 radical (unpaired) electrons. The molecular weight excluding hydrogens is 845 g/mol. The van der Waals surface area contributed by atoms with Crippen LogP contribution in [0.3, 0.4) is 0 Å². The number of aryl methyl sites for hydroxylation is 1. The molecule has 344 valence electrons. The average Bonchev–Trinajstić information content (AvgIpc) is 4.14. The zero-order chi connectivity index (χ0) is 44.7. The van der Waals surface area contributed by atoms with Crippen LogP contribution in [0.1, 0.15) is 79.5 Å². The maximum atomic E-state index is 14.3. The van der Waals surface area contributed by atoms with Crippen molar-refractivity contribution in [1.82, 2.24) is 48.6 Å². The molecule has 5 saturated heterocycles. The molecule has 65 heavy (non-hydrogen) atoms. The molecule has 6 aliphatic rings. The largest absolute Gasteiger partial charge is 0.385 e. The second-order valence-corrected chi connectivity index (χ2v) is 18.9. The number of piperazine rings is 1. The van der Waals surface area contributed by atoms with Gasteiger partial charge >= 0.3 is 5.69 Å². The third-order valence-corrected chi connectivity index (χ3v) is 14.6. The number of alkyl halides is 2. The van der Waals surface area contributed by atoms with Crippen LogP contribution >= 0.6 is 0 Å². The van der Waals surface area contributed by atoms with Gasteiger partial charge in [0.1, 0.15) is 23.0 Å². The molecule has 2 bridgehead atoms. The van der Waals surface area contributed by atoms with E-state index in [9.17, 15) is 33.1 Å². The lowest BCUT2D eigenvalue weighted by Gasteiger charge is -2.50. The lowest BCUT2D eigenvalue weighted by Crippen LogP contribution is -2.67. The molecule has 11 rings (SSSR count). The number of fused-ring (bicyclic) bond motifs is 4. The first-order valence-electron chi connectivity index (χ1n) is 22.7. The number of anilines is 3. The first-order valence-corrected chi connectivity index (χ1v) is 22.7. The molecule has 1 saturated carbocycles. The van der Waals surface area contributed by atoms with Crippen LogP contribution in [0, 0.1) is 5.92 Å². The minimum absolute atomic E-state index is 0.0141. The zero-order valence-electron chi connectivity index (χ0n) is 36.2. The van der Waals surface area contributed by atoms with Crippen molar-refractivity contribution < 1.29 is 33.0 Å². The number of para-hydroxylation sites is 1. The third-order valence-electron chi connectivity index (χ3n) is 14.6. The molecule has 3 N–H and O–H groups in total. The number of β-amino-alcohol motifs (C(OH)–C–C–N with tert-alkyl or cyclic N) is 1. The van der Waals surface area contributed by atoms with Gasteiger partial charge in [-0.15, -0.1) is 0 Å². The number of rotatable bonds is 11. The van der Waals surface area contributed by atoms with Crippen molar-refractivity contribution in [2.45, 2.75) is 81.2 Å². The minimum atomic E-state index is -2.87. The van der Waals surface area contributed by atoms with Gasteiger partial charge in [0.2, 0.25) is 11.8 Å². The van der Waals surface area contributed by atoms with E-state index in [1.54, 1.807) is 22.5 Å². The van der Waals surface area contributed by atoms with E-state index >= 15 is 0 Å². The molecule has 21 heteroatoms. The molecule has 5 aromatic rings. The summed E-state index contributed by atoms with van der Waals surface area (Å²) in [5.74, 6) is -0.195. The van der Waals surface area contributed by atoms with E-state index < -0.39 is 35.6 Å². The second-order valence-electron chi connectivity index (χ2n) is 18.9. The van der Waals surface area contributed by atoms with Gasteiger partial charge in [0.25, 0.3) is 12.3 Å². The van der Waals surface area contributed by atoms with E-state index in [0.29, 0.717) is 48.8 Å². The average molecular weight is 898 g/mol. The summed E-state index contributed by atoms with van der Waals surface area (Å²) >= 11 is 0. The van der Waals surface area contributed by atoms with Gasteiger partial charge in [-0.2, -0.15) is 10.2 Å². The fourth-order valence-electron chi connectivity index (χ4n) is 11.2. The van der Waals surface area contributed by atoms with Gasteiger partial charge in [0.15, 0.2) is 11.3 Å². The smallest absolute Gasteiger partial charge is 0.329 e. The van der Waals surface area contributed by atoms with Crippen molar-refractivity contribution >= 4 is 51.6 Å². The number of aromatic nitrogens is 7. The maximum Gasteiger partial charge on any atom is 0.329 e. The lowest BCUT2D eigenvalue weighted by molar-refractivity contribution is -0.135. The highest BCUT2D eigenvalue weighted by Crippen LogP contribution is 2.38. The fourth-order valence-corrected chi connectivity index (χ4v) is 11.2. The van der Waals surface area contributed by atoms with Gasteiger partial charge in [-0.3, -0.25) is 38.4 Å². The van der Waals surface area contributed by atoms with Gasteiger partial charge in [-0.05, 0) is 62.6 Å². The molecule has 6 fully saturated rings. The van der Waals surface area contributed by atoms with Gasteiger partial charge in [0.05, 0.1) is 53.4 Å². The Labute approximate surface area is 371 Å². The second kappa shape index (κ2) is 16.3. The van der Waals surface area contributed by atoms with Crippen LogP contribution in [0.25, 0.3) is 16.7 Å². The summed E-state index contributed by atoms with van der Waals surface area (Å²) in [6, 6.07) is 6.88. The standard InChI is InChI=1S/C44H53F2N13O6/c1-52-38-32(3-2-4-33(38)59(43(52)63)34-9-10-36(60)50-42(34)62)55-24-44(64,25-55)23-54-15-13-53(14-16-54)19-26-5-7-27(8-6-26)58-21-31(37(51-58)39(45)46)48-41(61)30-18-47-57-12-11-35(49-40(30)57)56-20-29-17-28(56)22-65-29/h2-4,11-12,18,21,26-29,34,39,64H,5-10,13-17,19-20,22-25H2,1H3,(H,48,61)(H,50,60,62). The molecule has 4 aromatic heterocycles. The molecule has 0 spiro atoms. The monoisotopic (exact) mass is 897 g/mol. The molecule has 1 aliphatic carbocycles. The number of amides is 3. The third kappa shape index (κ3) is 7.64. The van der Waals surface area contributed by atoms with E-state index in [2.05, 4.69) is 40.4 Å². The van der Waals surface area contributed by atoms with Crippen LogP contribution in [0.5, 0.6) is 0 Å². The molecule has 5 aliphatic heterocycles. The number of carbonyl (C=O) groups excluding carboxylic acids is 3. The summed E-state index contributed by atoms with van der Waals surface area (Å²) in [4.78, 5) is 65.2. The highest BCUT2D eigenvalue weighted by atomic mass is 19.3. The Hall–Kier alpha value is -5.77. The summed E-state index contributed by atoms with van der Waals surface area (Å²) in [6.07, 6.45) is 6.82. The van der Waals surface area contributed by atoms with E-state index in [1.807, 2.05) is 24.3 Å². The number of morpholine rings is 1. The van der Waals surface area contributed by atoms with Crippen molar-refractivity contribution in [2.24, 2.45) is 13.0 Å². The molecule has 3 amide bonds. The number of benzene rings is 1. The normalized spacial score (nSPS) is 26.1. The number of carbonyl (C=O) groups is 3. The van der Waals surface area contributed by atoms with Crippen LogP contribution in [0.4, 0.5) is 26.0 Å². The summed E-state index contributed by atoms with van der Waals surface area (Å²) in [5, 5.41) is 25.2. The maximum absolute atomic E-state index is 14.3. The summed E-state index contributed by atoms with van der Waals surface area (Å²) < 4.78 is 40.5. The van der Waals surface area contributed by atoms with Crippen molar-refractivity contribution in [3.63, 3.8) is 0 Å². The first-order chi connectivity index (χ1) is 31.4. The van der Waals surface area contributed by atoms with Crippen molar-refractivity contribution in [3.05, 3.63) is 64.6 Å². The van der Waals surface area contributed by atoms with Crippen LogP contribution in [0.2, 0.25) is 0 Å². The Morgan fingerprint density at radius 2 is 1.82 bits per heavy atom. The van der Waals surface area contributed by atoms with Crippen LogP contribution in [0.15, 0.2) is 47.7 Å². The Bertz CT molecular complexity index is 2730. The number of nitrogens with zero attached hydrogens (tertiary/aromatic N) is 11. The van der Waals surface area contributed by atoms with Crippen molar-refractivity contribution in [3.8, 4) is 0 Å². The SMILES string of the molecule is Cn1c(=O)n(C2CCC(=O)NC2=O)c2cccc(N3CC(O)(CN4CCN(CC5CCC(n6cc(NC(=O)c7cnn8ccc(N9CC%10CC9CO%10)nc78)c(C(F)F)n6)CC5)CC4)C3)c21. The number of halogens is 2. The molecule has 19 nitrogen and oxygen atoms in total. The number of nitrogens with one attached hydrogen (secondary N) is 2. The zero-order valence-corrected chi connectivity index (χ0v) is 36.2. The fraction of sp³-hybridized carbons (Fsp3) is 0.568. The van der Waals surface area contributed by atoms with Crippen molar-refractivity contribution in [2.75, 3.05) is 80.6 Å². The van der Waals surface area contributed by atoms with E-state index in [0.717, 1.165) is 82.9 Å². The van der Waals surface area contributed by atoms with Crippen molar-refractivity contribution in [1.29, 1.82) is 0 Å². The van der Waals surface area contributed by atoms with E-state index in [4.69, 9.17) is 9.72 Å². The molecule has 9 heterocycles. The summed E-state index contributed by atoms with van der Waals surface area (Å²) in [5.41, 5.74) is 0.959. The minimum Gasteiger partial charge on any atom is -0.385 e. The number of hydrogen-bond acceptors (Lipinski definition) is 13. The Balaban J connectivity index is 0.661. The van der Waals surface area contributed by atoms with Gasteiger partial charge in [-0.1, -0.05) is 6.07 Å². The molecule has 1 aromatic carbocycles. The summed E-state index contributed by atoms with van der Waals surface area (Å²) in [6.45, 7) is 7.10. The Kier molecular flexibility index (Phi) is 10.5.